The normalized spacial score (nSPS) is 11.7. The number of nitro benzene ring substituents is 1. The molecule has 0 aliphatic rings. The Morgan fingerprint density at radius 1 is 1.00 bits per heavy atom. The quantitative estimate of drug-likeness (QED) is 0.617. The van der Waals surface area contributed by atoms with Crippen molar-refractivity contribution < 1.29 is 14.5 Å². The van der Waals surface area contributed by atoms with Crippen molar-refractivity contribution in [2.45, 2.75) is 19.8 Å². The maximum atomic E-state index is 12.5. The molecule has 1 atom stereocenters. The molecule has 0 fully saturated rings. The van der Waals surface area contributed by atoms with E-state index in [-0.39, 0.29) is 23.1 Å². The van der Waals surface area contributed by atoms with E-state index in [9.17, 15) is 19.7 Å². The van der Waals surface area contributed by atoms with E-state index in [0.29, 0.717) is 5.02 Å². The zero-order valence-corrected chi connectivity index (χ0v) is 15.0. The number of hydrogen-bond acceptors (Lipinski definition) is 4. The van der Waals surface area contributed by atoms with Crippen molar-refractivity contribution >= 4 is 29.1 Å². The number of nitro groups is 1. The molecule has 0 aliphatic carbocycles. The lowest BCUT2D eigenvalue weighted by molar-refractivity contribution is -0.384. The Hall–Kier alpha value is -2.93. The molecule has 2 aromatic carbocycles. The molecular weight excluding hydrogens is 358 g/mol. The van der Waals surface area contributed by atoms with Crippen LogP contribution in [-0.2, 0) is 4.79 Å². The van der Waals surface area contributed by atoms with E-state index in [0.717, 1.165) is 5.56 Å². The molecule has 0 saturated heterocycles. The van der Waals surface area contributed by atoms with Gasteiger partial charge in [0, 0.05) is 22.7 Å². The summed E-state index contributed by atoms with van der Waals surface area (Å²) in [5.74, 6) is -1.40. The molecule has 2 aromatic rings. The van der Waals surface area contributed by atoms with Crippen molar-refractivity contribution in [3.63, 3.8) is 0 Å². The van der Waals surface area contributed by atoms with Crippen LogP contribution in [0, 0.1) is 16.0 Å². The van der Waals surface area contributed by atoms with Gasteiger partial charge in [-0.1, -0.05) is 37.6 Å². The molecule has 0 bridgehead atoms. The molecule has 2 N–H and O–H groups in total. The molecule has 8 heteroatoms. The summed E-state index contributed by atoms with van der Waals surface area (Å²) >= 11 is 5.88. The number of nitrogens with zero attached hydrogens (tertiary/aromatic N) is 1. The molecule has 0 aromatic heterocycles. The largest absolute Gasteiger partial charge is 0.273 e. The minimum Gasteiger partial charge on any atom is -0.273 e. The van der Waals surface area contributed by atoms with Gasteiger partial charge in [0.25, 0.3) is 11.6 Å². The van der Waals surface area contributed by atoms with Gasteiger partial charge >= 0.3 is 0 Å². The van der Waals surface area contributed by atoms with E-state index in [2.05, 4.69) is 10.9 Å². The van der Waals surface area contributed by atoms with E-state index in [1.54, 1.807) is 24.3 Å². The number of hydrogen-bond donors (Lipinski definition) is 2. The van der Waals surface area contributed by atoms with Crippen LogP contribution in [0.15, 0.2) is 48.5 Å². The standard InChI is InChI=1S/C18H18ClN3O4/c1-11(2)16(12-3-7-14(19)8-4-12)18(24)21-20-17(23)13-5-9-15(10-6-13)22(25)26/h3-11,16H,1-2H3,(H,20,23)(H,21,24)/t16-/m0/s1. The smallest absolute Gasteiger partial charge is 0.269 e. The van der Waals surface area contributed by atoms with Crippen LogP contribution in [0.2, 0.25) is 5.02 Å². The number of hydrazine groups is 1. The summed E-state index contributed by atoms with van der Waals surface area (Å²) in [6, 6.07) is 12.0. The van der Waals surface area contributed by atoms with Crippen LogP contribution in [0.4, 0.5) is 5.69 Å². The number of halogens is 1. The Balaban J connectivity index is 2.04. The number of rotatable bonds is 5. The van der Waals surface area contributed by atoms with Crippen LogP contribution in [0.3, 0.4) is 0 Å². The van der Waals surface area contributed by atoms with Crippen molar-refractivity contribution in [3.8, 4) is 0 Å². The molecule has 0 saturated carbocycles. The molecule has 0 radical (unpaired) electrons. The van der Waals surface area contributed by atoms with Gasteiger partial charge in [0.2, 0.25) is 5.91 Å². The van der Waals surface area contributed by atoms with Gasteiger partial charge in [0.15, 0.2) is 0 Å². The second kappa shape index (κ2) is 8.44. The van der Waals surface area contributed by atoms with Crippen LogP contribution in [-0.4, -0.2) is 16.7 Å². The van der Waals surface area contributed by atoms with Gasteiger partial charge in [-0.25, -0.2) is 0 Å². The summed E-state index contributed by atoms with van der Waals surface area (Å²) in [7, 11) is 0. The maximum Gasteiger partial charge on any atom is 0.269 e. The monoisotopic (exact) mass is 375 g/mol. The molecular formula is C18H18ClN3O4. The van der Waals surface area contributed by atoms with Crippen LogP contribution in [0.1, 0.15) is 35.7 Å². The molecule has 2 amide bonds. The van der Waals surface area contributed by atoms with Gasteiger partial charge < -0.3 is 0 Å². The van der Waals surface area contributed by atoms with Gasteiger partial charge in [-0.05, 0) is 35.7 Å². The van der Waals surface area contributed by atoms with Crippen molar-refractivity contribution in [2.24, 2.45) is 5.92 Å². The Bertz CT molecular complexity index is 804. The second-order valence-corrected chi connectivity index (χ2v) is 6.46. The van der Waals surface area contributed by atoms with Crippen molar-refractivity contribution in [2.75, 3.05) is 0 Å². The summed E-state index contributed by atoms with van der Waals surface area (Å²) in [6.07, 6.45) is 0. The summed E-state index contributed by atoms with van der Waals surface area (Å²) in [5.41, 5.74) is 5.60. The maximum absolute atomic E-state index is 12.5. The summed E-state index contributed by atoms with van der Waals surface area (Å²) in [4.78, 5) is 34.7. The highest BCUT2D eigenvalue weighted by Gasteiger charge is 2.24. The third-order valence-corrected chi connectivity index (χ3v) is 4.07. The lowest BCUT2D eigenvalue weighted by Gasteiger charge is -2.21. The average Bonchev–Trinajstić information content (AvgIpc) is 2.61. The molecule has 0 heterocycles. The zero-order valence-electron chi connectivity index (χ0n) is 14.2. The van der Waals surface area contributed by atoms with Crippen LogP contribution in [0.25, 0.3) is 0 Å². The predicted octanol–water partition coefficient (Wildman–Crippen LogP) is 3.45. The number of nitrogens with one attached hydrogen (secondary N) is 2. The Morgan fingerprint density at radius 2 is 1.58 bits per heavy atom. The third-order valence-electron chi connectivity index (χ3n) is 3.82. The van der Waals surface area contributed by atoms with E-state index in [1.165, 1.54) is 24.3 Å². The van der Waals surface area contributed by atoms with E-state index >= 15 is 0 Å². The molecule has 2 rings (SSSR count). The number of benzene rings is 2. The minimum atomic E-state index is -0.563. The van der Waals surface area contributed by atoms with E-state index < -0.39 is 16.7 Å². The summed E-state index contributed by atoms with van der Waals surface area (Å²) < 4.78 is 0. The molecule has 0 spiro atoms. The topological polar surface area (TPSA) is 101 Å². The van der Waals surface area contributed by atoms with E-state index in [4.69, 9.17) is 11.6 Å². The number of carbonyl (C=O) groups is 2. The molecule has 7 nitrogen and oxygen atoms in total. The number of carbonyl (C=O) groups excluding carboxylic acids is 2. The number of amides is 2. The highest BCUT2D eigenvalue weighted by Crippen LogP contribution is 2.25. The SMILES string of the molecule is CC(C)[C@H](C(=O)NNC(=O)c1ccc([N+](=O)[O-])cc1)c1ccc(Cl)cc1. The second-order valence-electron chi connectivity index (χ2n) is 6.02. The third kappa shape index (κ3) is 4.80. The van der Waals surface area contributed by atoms with Crippen molar-refractivity contribution in [1.29, 1.82) is 0 Å². The fourth-order valence-corrected chi connectivity index (χ4v) is 2.64. The first-order chi connectivity index (χ1) is 12.3. The Labute approximate surface area is 155 Å². The van der Waals surface area contributed by atoms with Crippen LogP contribution in [0.5, 0.6) is 0 Å². The van der Waals surface area contributed by atoms with Gasteiger partial charge in [-0.15, -0.1) is 0 Å². The Kier molecular flexibility index (Phi) is 6.30. The highest BCUT2D eigenvalue weighted by molar-refractivity contribution is 6.30. The lowest BCUT2D eigenvalue weighted by atomic mass is 9.88. The average molecular weight is 376 g/mol. The first-order valence-electron chi connectivity index (χ1n) is 7.89. The summed E-state index contributed by atoms with van der Waals surface area (Å²) in [5, 5.41) is 11.2. The number of non-ortho nitro benzene ring substituents is 1. The van der Waals surface area contributed by atoms with Crippen molar-refractivity contribution in [3.05, 3.63) is 74.8 Å². The molecule has 0 aliphatic heterocycles. The minimum absolute atomic E-state index is 0.00699. The zero-order chi connectivity index (χ0) is 19.3. The molecule has 26 heavy (non-hydrogen) atoms. The van der Waals surface area contributed by atoms with Crippen LogP contribution < -0.4 is 10.9 Å². The first kappa shape index (κ1) is 19.4. The highest BCUT2D eigenvalue weighted by atomic mass is 35.5. The van der Waals surface area contributed by atoms with Gasteiger partial charge in [0.05, 0.1) is 10.8 Å². The summed E-state index contributed by atoms with van der Waals surface area (Å²) in [6.45, 7) is 3.80. The fraction of sp³-hybridized carbons (Fsp3) is 0.222. The Morgan fingerprint density at radius 3 is 2.08 bits per heavy atom. The molecule has 0 unspecified atom stereocenters. The molecule has 136 valence electrons. The van der Waals surface area contributed by atoms with Gasteiger partial charge in [0.1, 0.15) is 0 Å². The van der Waals surface area contributed by atoms with Crippen molar-refractivity contribution in [1.82, 2.24) is 10.9 Å². The van der Waals surface area contributed by atoms with Crippen LogP contribution >= 0.6 is 11.6 Å². The van der Waals surface area contributed by atoms with Gasteiger partial charge in [-0.3, -0.25) is 30.6 Å². The fourth-order valence-electron chi connectivity index (χ4n) is 2.51. The van der Waals surface area contributed by atoms with Gasteiger partial charge in [-0.2, -0.15) is 0 Å². The predicted molar refractivity (Wildman–Crippen MR) is 97.7 cm³/mol. The lowest BCUT2D eigenvalue weighted by Crippen LogP contribution is -2.44. The first-order valence-corrected chi connectivity index (χ1v) is 8.27. The van der Waals surface area contributed by atoms with E-state index in [1.807, 2.05) is 13.8 Å².